The summed E-state index contributed by atoms with van der Waals surface area (Å²) < 4.78 is 11.0. The van der Waals surface area contributed by atoms with Crippen LogP contribution in [0.2, 0.25) is 0 Å². The normalized spacial score (nSPS) is 10.5. The first-order valence-electron chi connectivity index (χ1n) is 7.79. The van der Waals surface area contributed by atoms with E-state index in [0.717, 1.165) is 5.56 Å². The minimum absolute atomic E-state index is 0.0463. The summed E-state index contributed by atoms with van der Waals surface area (Å²) in [4.78, 5) is 11.8. The van der Waals surface area contributed by atoms with Crippen molar-refractivity contribution in [2.75, 3.05) is 6.61 Å². The molecule has 2 rings (SSSR count). The number of carbonyl (C=O) groups excluding carboxylic acids is 1. The highest BCUT2D eigenvalue weighted by molar-refractivity contribution is 5.85. The monoisotopic (exact) mass is 337 g/mol. The number of para-hydroxylation sites is 1. The first-order chi connectivity index (χ1) is 12.1. The summed E-state index contributed by atoms with van der Waals surface area (Å²) in [6, 6.07) is 16.0. The Labute approximate surface area is 146 Å². The van der Waals surface area contributed by atoms with E-state index in [0.29, 0.717) is 17.1 Å². The van der Waals surface area contributed by atoms with Gasteiger partial charge in [0.25, 0.3) is 5.91 Å². The van der Waals surface area contributed by atoms with Gasteiger partial charge in [0.15, 0.2) is 6.61 Å². The standard InChI is InChI=1S/C19H19N3O3/c1-14(2)25-18-6-4-3-5-16(18)12-21-22-19(23)13-24-17-9-7-15(11-20)8-10-17/h3-10,12,14H,13H2,1-2H3,(H,22,23). The smallest absolute Gasteiger partial charge is 0.277 e. The van der Waals surface area contributed by atoms with Gasteiger partial charge in [0.05, 0.1) is 24.0 Å². The summed E-state index contributed by atoms with van der Waals surface area (Å²) in [7, 11) is 0. The zero-order valence-electron chi connectivity index (χ0n) is 14.1. The molecule has 0 spiro atoms. The lowest BCUT2D eigenvalue weighted by molar-refractivity contribution is -0.123. The molecule has 1 amide bonds. The third kappa shape index (κ3) is 5.99. The van der Waals surface area contributed by atoms with Crippen molar-refractivity contribution in [2.24, 2.45) is 5.10 Å². The Morgan fingerprint density at radius 1 is 1.24 bits per heavy atom. The number of carbonyl (C=O) groups is 1. The topological polar surface area (TPSA) is 83.7 Å². The number of nitriles is 1. The predicted molar refractivity (Wildman–Crippen MR) is 94.6 cm³/mol. The zero-order chi connectivity index (χ0) is 18.1. The fourth-order valence-electron chi connectivity index (χ4n) is 1.93. The number of amides is 1. The maximum atomic E-state index is 11.8. The average Bonchev–Trinajstić information content (AvgIpc) is 2.61. The molecule has 0 saturated carbocycles. The summed E-state index contributed by atoms with van der Waals surface area (Å²) in [6.45, 7) is 3.71. The molecule has 0 aromatic heterocycles. The van der Waals surface area contributed by atoms with Gasteiger partial charge < -0.3 is 9.47 Å². The Morgan fingerprint density at radius 2 is 1.96 bits per heavy atom. The van der Waals surface area contributed by atoms with Gasteiger partial charge in [-0.05, 0) is 50.2 Å². The van der Waals surface area contributed by atoms with Gasteiger partial charge in [0.1, 0.15) is 11.5 Å². The number of benzene rings is 2. The molecule has 6 heteroatoms. The van der Waals surface area contributed by atoms with Gasteiger partial charge in [-0.25, -0.2) is 5.43 Å². The van der Waals surface area contributed by atoms with E-state index in [4.69, 9.17) is 14.7 Å². The van der Waals surface area contributed by atoms with Crippen molar-refractivity contribution < 1.29 is 14.3 Å². The number of hydrogen-bond donors (Lipinski definition) is 1. The van der Waals surface area contributed by atoms with Crippen LogP contribution in [0.5, 0.6) is 11.5 Å². The molecule has 0 atom stereocenters. The molecular weight excluding hydrogens is 318 g/mol. The Hall–Kier alpha value is -3.33. The predicted octanol–water partition coefficient (Wildman–Crippen LogP) is 2.87. The maximum Gasteiger partial charge on any atom is 0.277 e. The van der Waals surface area contributed by atoms with Gasteiger partial charge in [-0.15, -0.1) is 0 Å². The fraction of sp³-hybridized carbons (Fsp3) is 0.211. The average molecular weight is 337 g/mol. The minimum atomic E-state index is -0.386. The second-order valence-electron chi connectivity index (χ2n) is 5.42. The number of hydrogen-bond acceptors (Lipinski definition) is 5. The molecule has 25 heavy (non-hydrogen) atoms. The van der Waals surface area contributed by atoms with Crippen LogP contribution < -0.4 is 14.9 Å². The molecule has 0 fully saturated rings. The van der Waals surface area contributed by atoms with Crippen LogP contribution in [0, 0.1) is 11.3 Å². The quantitative estimate of drug-likeness (QED) is 0.622. The number of hydrazone groups is 1. The van der Waals surface area contributed by atoms with Crippen LogP contribution in [0.25, 0.3) is 0 Å². The van der Waals surface area contributed by atoms with Crippen LogP contribution in [-0.2, 0) is 4.79 Å². The fourth-order valence-corrected chi connectivity index (χ4v) is 1.93. The largest absolute Gasteiger partial charge is 0.490 e. The van der Waals surface area contributed by atoms with Crippen molar-refractivity contribution >= 4 is 12.1 Å². The molecule has 0 aliphatic heterocycles. The van der Waals surface area contributed by atoms with E-state index in [9.17, 15) is 4.79 Å². The number of nitrogens with zero attached hydrogens (tertiary/aromatic N) is 2. The zero-order valence-corrected chi connectivity index (χ0v) is 14.1. The molecule has 0 saturated heterocycles. The van der Waals surface area contributed by atoms with Crippen LogP contribution in [0.15, 0.2) is 53.6 Å². The second-order valence-corrected chi connectivity index (χ2v) is 5.42. The highest BCUT2D eigenvalue weighted by Gasteiger charge is 2.04. The van der Waals surface area contributed by atoms with Gasteiger partial charge in [-0.3, -0.25) is 4.79 Å². The molecule has 1 N–H and O–H groups in total. The number of ether oxygens (including phenoxy) is 2. The van der Waals surface area contributed by atoms with Crippen molar-refractivity contribution in [3.05, 3.63) is 59.7 Å². The first kappa shape index (κ1) is 18.0. The van der Waals surface area contributed by atoms with E-state index in [2.05, 4.69) is 10.5 Å². The van der Waals surface area contributed by atoms with E-state index in [1.54, 1.807) is 24.3 Å². The van der Waals surface area contributed by atoms with Crippen LogP contribution in [-0.4, -0.2) is 24.8 Å². The lowest BCUT2D eigenvalue weighted by Crippen LogP contribution is -2.24. The van der Waals surface area contributed by atoms with Gasteiger partial charge in [-0.2, -0.15) is 10.4 Å². The van der Waals surface area contributed by atoms with Gasteiger partial charge in [-0.1, -0.05) is 12.1 Å². The summed E-state index contributed by atoms with van der Waals surface area (Å²) in [5.41, 5.74) is 3.70. The van der Waals surface area contributed by atoms with Crippen molar-refractivity contribution in [1.82, 2.24) is 5.43 Å². The molecule has 0 unspecified atom stereocenters. The van der Waals surface area contributed by atoms with E-state index < -0.39 is 0 Å². The SMILES string of the molecule is CC(C)Oc1ccccc1C=NNC(=O)COc1ccc(C#N)cc1. The van der Waals surface area contributed by atoms with Crippen molar-refractivity contribution in [2.45, 2.75) is 20.0 Å². The molecule has 0 bridgehead atoms. The van der Waals surface area contributed by atoms with Crippen LogP contribution in [0.1, 0.15) is 25.0 Å². The Bertz CT molecular complexity index is 777. The summed E-state index contributed by atoms with van der Waals surface area (Å²) in [5.74, 6) is 0.820. The van der Waals surface area contributed by atoms with E-state index in [1.165, 1.54) is 6.21 Å². The number of rotatable bonds is 7. The van der Waals surface area contributed by atoms with Crippen molar-refractivity contribution in [3.63, 3.8) is 0 Å². The van der Waals surface area contributed by atoms with E-state index in [1.807, 2.05) is 44.2 Å². The van der Waals surface area contributed by atoms with E-state index >= 15 is 0 Å². The van der Waals surface area contributed by atoms with Crippen LogP contribution in [0.4, 0.5) is 0 Å². The lowest BCUT2D eigenvalue weighted by Gasteiger charge is -2.11. The molecule has 0 aliphatic carbocycles. The van der Waals surface area contributed by atoms with Gasteiger partial charge in [0, 0.05) is 5.56 Å². The molecule has 0 aliphatic rings. The lowest BCUT2D eigenvalue weighted by atomic mass is 10.2. The minimum Gasteiger partial charge on any atom is -0.490 e. The molecule has 6 nitrogen and oxygen atoms in total. The maximum absolute atomic E-state index is 11.8. The molecular formula is C19H19N3O3. The van der Waals surface area contributed by atoms with E-state index in [-0.39, 0.29) is 18.6 Å². The van der Waals surface area contributed by atoms with Gasteiger partial charge in [0.2, 0.25) is 0 Å². The molecule has 0 radical (unpaired) electrons. The molecule has 2 aromatic carbocycles. The highest BCUT2D eigenvalue weighted by atomic mass is 16.5. The summed E-state index contributed by atoms with van der Waals surface area (Å²) in [5, 5.41) is 12.6. The Morgan fingerprint density at radius 3 is 2.64 bits per heavy atom. The summed E-state index contributed by atoms with van der Waals surface area (Å²) >= 11 is 0. The third-order valence-corrected chi connectivity index (χ3v) is 3.03. The Balaban J connectivity index is 1.85. The third-order valence-electron chi connectivity index (χ3n) is 3.03. The van der Waals surface area contributed by atoms with Crippen molar-refractivity contribution in [1.29, 1.82) is 5.26 Å². The van der Waals surface area contributed by atoms with Crippen LogP contribution >= 0.6 is 0 Å². The molecule has 128 valence electrons. The molecule has 2 aromatic rings. The van der Waals surface area contributed by atoms with Crippen molar-refractivity contribution in [3.8, 4) is 17.6 Å². The second kappa shape index (κ2) is 9.08. The Kier molecular flexibility index (Phi) is 6.55. The molecule has 0 heterocycles. The van der Waals surface area contributed by atoms with Gasteiger partial charge >= 0.3 is 0 Å². The number of nitrogens with one attached hydrogen (secondary N) is 1. The van der Waals surface area contributed by atoms with Crippen LogP contribution in [0.3, 0.4) is 0 Å². The highest BCUT2D eigenvalue weighted by Crippen LogP contribution is 2.17. The first-order valence-corrected chi connectivity index (χ1v) is 7.79. The summed E-state index contributed by atoms with van der Waals surface area (Å²) in [6.07, 6.45) is 1.57.